The van der Waals surface area contributed by atoms with Gasteiger partial charge in [0.05, 0.1) is 5.52 Å². The van der Waals surface area contributed by atoms with Crippen LogP contribution >= 0.6 is 11.8 Å². The summed E-state index contributed by atoms with van der Waals surface area (Å²) in [7, 11) is 0. The molecule has 2 aromatic heterocycles. The van der Waals surface area contributed by atoms with Crippen molar-refractivity contribution in [1.82, 2.24) is 19.6 Å². The van der Waals surface area contributed by atoms with Crippen LogP contribution in [0.4, 0.5) is 5.95 Å². The summed E-state index contributed by atoms with van der Waals surface area (Å²) >= 11 is 1.91. The van der Waals surface area contributed by atoms with Gasteiger partial charge >= 0.3 is 0 Å². The summed E-state index contributed by atoms with van der Waals surface area (Å²) in [6.45, 7) is 4.85. The Morgan fingerprint density at radius 3 is 2.65 bits per heavy atom. The standard InChI is InChI=1S/C20H21N5S/c1-14-7-9-16(10-8-14)13-26-12-11-21-20-23-18-6-4-3-5-17(18)19-22-15(2)24-25(19)20/h3-10H,11-13H2,1-2H3,(H,21,23). The van der Waals surface area contributed by atoms with Gasteiger partial charge in [0.2, 0.25) is 5.95 Å². The van der Waals surface area contributed by atoms with Crippen LogP contribution in [-0.2, 0) is 5.75 Å². The molecular weight excluding hydrogens is 342 g/mol. The Morgan fingerprint density at radius 1 is 1.00 bits per heavy atom. The lowest BCUT2D eigenvalue weighted by molar-refractivity contribution is 0.904. The molecule has 4 aromatic rings. The SMILES string of the molecule is Cc1ccc(CSCCNc2nc3ccccc3c3nc(C)nn23)cc1. The summed E-state index contributed by atoms with van der Waals surface area (Å²) in [5, 5.41) is 8.93. The van der Waals surface area contributed by atoms with E-state index in [0.29, 0.717) is 0 Å². The van der Waals surface area contributed by atoms with E-state index in [0.717, 1.165) is 46.4 Å². The lowest BCUT2D eigenvalue weighted by Gasteiger charge is -2.09. The predicted molar refractivity (Wildman–Crippen MR) is 109 cm³/mol. The zero-order valence-electron chi connectivity index (χ0n) is 14.9. The average Bonchev–Trinajstić information content (AvgIpc) is 3.05. The molecule has 0 fully saturated rings. The highest BCUT2D eigenvalue weighted by atomic mass is 32.2. The van der Waals surface area contributed by atoms with Crippen molar-refractivity contribution in [2.75, 3.05) is 17.6 Å². The quantitative estimate of drug-likeness (QED) is 0.519. The molecule has 0 amide bonds. The van der Waals surface area contributed by atoms with Crippen molar-refractivity contribution in [3.63, 3.8) is 0 Å². The van der Waals surface area contributed by atoms with Gasteiger partial charge in [-0.15, -0.1) is 5.10 Å². The zero-order chi connectivity index (χ0) is 17.9. The third kappa shape index (κ3) is 3.51. The number of para-hydroxylation sites is 1. The third-order valence-electron chi connectivity index (χ3n) is 4.20. The Hall–Kier alpha value is -2.60. The van der Waals surface area contributed by atoms with E-state index in [9.17, 15) is 0 Å². The number of anilines is 1. The summed E-state index contributed by atoms with van der Waals surface area (Å²) in [6.07, 6.45) is 0. The molecule has 0 saturated carbocycles. The molecule has 0 atom stereocenters. The number of fused-ring (bicyclic) bond motifs is 3. The van der Waals surface area contributed by atoms with Crippen LogP contribution in [0.1, 0.15) is 17.0 Å². The molecule has 132 valence electrons. The van der Waals surface area contributed by atoms with Crippen LogP contribution < -0.4 is 5.32 Å². The van der Waals surface area contributed by atoms with E-state index in [1.54, 1.807) is 0 Å². The van der Waals surface area contributed by atoms with Gasteiger partial charge in [-0.2, -0.15) is 16.3 Å². The van der Waals surface area contributed by atoms with Crippen LogP contribution in [0.2, 0.25) is 0 Å². The summed E-state index contributed by atoms with van der Waals surface area (Å²) in [5.41, 5.74) is 4.44. The number of rotatable bonds is 6. The van der Waals surface area contributed by atoms with Gasteiger partial charge in [0.25, 0.3) is 0 Å². The monoisotopic (exact) mass is 363 g/mol. The van der Waals surface area contributed by atoms with E-state index < -0.39 is 0 Å². The topological polar surface area (TPSA) is 55.1 Å². The molecule has 0 bridgehead atoms. The number of hydrogen-bond acceptors (Lipinski definition) is 5. The lowest BCUT2D eigenvalue weighted by Crippen LogP contribution is -2.11. The summed E-state index contributed by atoms with van der Waals surface area (Å²) < 4.78 is 1.81. The highest BCUT2D eigenvalue weighted by molar-refractivity contribution is 7.98. The fourth-order valence-corrected chi connectivity index (χ4v) is 3.70. The number of thioether (sulfide) groups is 1. The normalized spacial score (nSPS) is 11.3. The van der Waals surface area contributed by atoms with Gasteiger partial charge in [-0.3, -0.25) is 0 Å². The number of nitrogens with zero attached hydrogens (tertiary/aromatic N) is 4. The van der Waals surface area contributed by atoms with Gasteiger partial charge in [-0.25, -0.2) is 9.97 Å². The molecule has 0 saturated heterocycles. The first-order valence-electron chi connectivity index (χ1n) is 8.70. The number of nitrogens with one attached hydrogen (secondary N) is 1. The number of aromatic nitrogens is 4. The van der Waals surface area contributed by atoms with Crippen LogP contribution in [0.5, 0.6) is 0 Å². The van der Waals surface area contributed by atoms with Crippen molar-refractivity contribution in [3.8, 4) is 0 Å². The molecule has 0 aliphatic rings. The van der Waals surface area contributed by atoms with Gasteiger partial charge in [0.1, 0.15) is 5.82 Å². The highest BCUT2D eigenvalue weighted by Crippen LogP contribution is 2.20. The molecule has 0 radical (unpaired) electrons. The Kier molecular flexibility index (Phi) is 4.75. The van der Waals surface area contributed by atoms with E-state index in [2.05, 4.69) is 46.6 Å². The van der Waals surface area contributed by atoms with E-state index in [-0.39, 0.29) is 0 Å². The Balaban J connectivity index is 1.44. The maximum absolute atomic E-state index is 4.72. The molecular formula is C20H21N5S. The van der Waals surface area contributed by atoms with Crippen molar-refractivity contribution in [2.45, 2.75) is 19.6 Å². The highest BCUT2D eigenvalue weighted by Gasteiger charge is 2.11. The number of benzene rings is 2. The minimum absolute atomic E-state index is 0.746. The van der Waals surface area contributed by atoms with Gasteiger partial charge in [0.15, 0.2) is 5.65 Å². The minimum atomic E-state index is 0.746. The average molecular weight is 363 g/mol. The summed E-state index contributed by atoms with van der Waals surface area (Å²) in [5.74, 6) is 3.51. The molecule has 5 nitrogen and oxygen atoms in total. The minimum Gasteiger partial charge on any atom is -0.353 e. The molecule has 0 aliphatic carbocycles. The first-order chi connectivity index (χ1) is 12.7. The van der Waals surface area contributed by atoms with Crippen LogP contribution in [-0.4, -0.2) is 31.9 Å². The number of aryl methyl sites for hydroxylation is 2. The lowest BCUT2D eigenvalue weighted by atomic mass is 10.2. The van der Waals surface area contributed by atoms with Crippen molar-refractivity contribution >= 4 is 34.3 Å². The molecule has 6 heteroatoms. The largest absolute Gasteiger partial charge is 0.353 e. The van der Waals surface area contributed by atoms with Gasteiger partial charge in [-0.1, -0.05) is 42.0 Å². The molecule has 1 N–H and O–H groups in total. The van der Waals surface area contributed by atoms with E-state index in [1.165, 1.54) is 11.1 Å². The molecule has 0 aliphatic heterocycles. The van der Waals surface area contributed by atoms with Gasteiger partial charge in [-0.05, 0) is 31.5 Å². The van der Waals surface area contributed by atoms with Gasteiger partial charge < -0.3 is 5.32 Å². The number of hydrogen-bond donors (Lipinski definition) is 1. The fraction of sp³-hybridized carbons (Fsp3) is 0.250. The van der Waals surface area contributed by atoms with Crippen molar-refractivity contribution in [2.24, 2.45) is 0 Å². The molecule has 0 unspecified atom stereocenters. The predicted octanol–water partition coefficient (Wildman–Crippen LogP) is 4.24. The van der Waals surface area contributed by atoms with E-state index in [1.807, 2.05) is 47.5 Å². The smallest absolute Gasteiger partial charge is 0.226 e. The summed E-state index contributed by atoms with van der Waals surface area (Å²) in [6, 6.07) is 16.8. The molecule has 0 spiro atoms. The van der Waals surface area contributed by atoms with E-state index >= 15 is 0 Å². The van der Waals surface area contributed by atoms with E-state index in [4.69, 9.17) is 4.98 Å². The Labute approximate surface area is 156 Å². The van der Waals surface area contributed by atoms with Crippen LogP contribution in [0.25, 0.3) is 16.6 Å². The Morgan fingerprint density at radius 2 is 1.81 bits per heavy atom. The Bertz CT molecular complexity index is 1040. The fourth-order valence-electron chi connectivity index (χ4n) is 2.88. The molecule has 26 heavy (non-hydrogen) atoms. The van der Waals surface area contributed by atoms with Crippen LogP contribution in [0.3, 0.4) is 0 Å². The first kappa shape index (κ1) is 16.8. The maximum atomic E-state index is 4.72. The van der Waals surface area contributed by atoms with Crippen LogP contribution in [0.15, 0.2) is 48.5 Å². The van der Waals surface area contributed by atoms with Crippen molar-refractivity contribution in [3.05, 3.63) is 65.5 Å². The van der Waals surface area contributed by atoms with Crippen LogP contribution in [0, 0.1) is 13.8 Å². The summed E-state index contributed by atoms with van der Waals surface area (Å²) in [4.78, 5) is 9.28. The third-order valence-corrected chi connectivity index (χ3v) is 5.23. The first-order valence-corrected chi connectivity index (χ1v) is 9.85. The second kappa shape index (κ2) is 7.33. The second-order valence-corrected chi connectivity index (χ2v) is 7.42. The molecule has 2 heterocycles. The molecule has 4 rings (SSSR count). The van der Waals surface area contributed by atoms with Gasteiger partial charge in [0, 0.05) is 23.4 Å². The van der Waals surface area contributed by atoms with Crippen molar-refractivity contribution < 1.29 is 0 Å². The maximum Gasteiger partial charge on any atom is 0.226 e. The molecule has 2 aromatic carbocycles. The second-order valence-electron chi connectivity index (χ2n) is 6.31. The van der Waals surface area contributed by atoms with Crippen molar-refractivity contribution in [1.29, 1.82) is 0 Å². The zero-order valence-corrected chi connectivity index (χ0v) is 15.8.